The number of aromatic nitrogens is 3. The fraction of sp³-hybridized carbons (Fsp3) is 0.529. The molecule has 0 saturated carbocycles. The van der Waals surface area contributed by atoms with Crippen LogP contribution in [0.2, 0.25) is 0 Å². The highest BCUT2D eigenvalue weighted by Crippen LogP contribution is 2.27. The molecule has 1 unspecified atom stereocenters. The highest BCUT2D eigenvalue weighted by molar-refractivity contribution is 5.40. The zero-order valence-corrected chi connectivity index (χ0v) is 13.6. The molecule has 0 saturated heterocycles. The molecule has 0 aliphatic carbocycles. The van der Waals surface area contributed by atoms with Gasteiger partial charge in [-0.05, 0) is 49.9 Å². The predicted molar refractivity (Wildman–Crippen MR) is 86.4 cm³/mol. The van der Waals surface area contributed by atoms with E-state index in [1.807, 2.05) is 10.9 Å². The average Bonchev–Trinajstić information content (AvgIpc) is 2.90. The topological polar surface area (TPSA) is 42.7 Å². The molecule has 1 N–H and O–H groups in total. The van der Waals surface area contributed by atoms with Crippen molar-refractivity contribution in [1.82, 2.24) is 20.3 Å². The van der Waals surface area contributed by atoms with Gasteiger partial charge in [0.05, 0.1) is 17.9 Å². The van der Waals surface area contributed by atoms with Crippen LogP contribution in [-0.4, -0.2) is 21.5 Å². The van der Waals surface area contributed by atoms with Crippen LogP contribution in [0, 0.1) is 13.8 Å². The van der Waals surface area contributed by atoms with Crippen LogP contribution in [0.25, 0.3) is 0 Å². The second kappa shape index (κ2) is 7.36. The lowest BCUT2D eigenvalue weighted by atomic mass is 9.94. The van der Waals surface area contributed by atoms with Gasteiger partial charge in [-0.15, -0.1) is 5.10 Å². The van der Waals surface area contributed by atoms with E-state index in [4.69, 9.17) is 0 Å². The Balaban J connectivity index is 2.45. The van der Waals surface area contributed by atoms with E-state index in [1.165, 1.54) is 16.7 Å². The van der Waals surface area contributed by atoms with Crippen molar-refractivity contribution in [2.24, 2.45) is 0 Å². The highest BCUT2D eigenvalue weighted by Gasteiger charge is 2.21. The maximum Gasteiger partial charge on any atom is 0.0802 e. The van der Waals surface area contributed by atoms with Gasteiger partial charge in [0.15, 0.2) is 0 Å². The molecule has 1 atom stereocenters. The fourth-order valence-electron chi connectivity index (χ4n) is 2.80. The Labute approximate surface area is 127 Å². The van der Waals surface area contributed by atoms with E-state index in [9.17, 15) is 0 Å². The zero-order chi connectivity index (χ0) is 15.2. The number of benzene rings is 1. The maximum atomic E-state index is 4.25. The molecule has 0 aliphatic heterocycles. The minimum absolute atomic E-state index is 0.160. The third kappa shape index (κ3) is 3.50. The third-order valence-electron chi connectivity index (χ3n) is 3.81. The van der Waals surface area contributed by atoms with Crippen molar-refractivity contribution in [2.45, 2.75) is 53.1 Å². The predicted octanol–water partition coefficient (Wildman–Crippen LogP) is 3.39. The van der Waals surface area contributed by atoms with E-state index in [0.29, 0.717) is 0 Å². The lowest BCUT2D eigenvalue weighted by molar-refractivity contribution is 0.502. The normalized spacial score (nSPS) is 12.6. The summed E-state index contributed by atoms with van der Waals surface area (Å²) in [7, 11) is 0. The second-order valence-electron chi connectivity index (χ2n) is 5.57. The van der Waals surface area contributed by atoms with Crippen molar-refractivity contribution in [1.29, 1.82) is 0 Å². The number of nitrogens with one attached hydrogen (secondary N) is 1. The molecule has 0 bridgehead atoms. The van der Waals surface area contributed by atoms with Crippen molar-refractivity contribution < 1.29 is 0 Å². The molecule has 0 amide bonds. The molecule has 4 nitrogen and oxygen atoms in total. The first-order chi connectivity index (χ1) is 10.2. The van der Waals surface area contributed by atoms with Crippen LogP contribution in [0.1, 0.15) is 55.1 Å². The molecule has 0 fully saturated rings. The number of aryl methyl sites for hydroxylation is 3. The lowest BCUT2D eigenvalue weighted by Crippen LogP contribution is -2.27. The Morgan fingerprint density at radius 3 is 2.48 bits per heavy atom. The molecule has 1 aromatic carbocycles. The second-order valence-corrected chi connectivity index (χ2v) is 5.57. The summed E-state index contributed by atoms with van der Waals surface area (Å²) in [5.41, 5.74) is 5.13. The Bertz CT molecular complexity index is 554. The molecule has 0 radical (unpaired) electrons. The summed E-state index contributed by atoms with van der Waals surface area (Å²) in [5, 5.41) is 12.0. The van der Waals surface area contributed by atoms with Gasteiger partial charge in [-0.1, -0.05) is 37.3 Å². The van der Waals surface area contributed by atoms with E-state index in [1.54, 1.807) is 0 Å². The fourth-order valence-corrected chi connectivity index (χ4v) is 2.80. The molecule has 21 heavy (non-hydrogen) atoms. The molecular weight excluding hydrogens is 260 g/mol. The van der Waals surface area contributed by atoms with Crippen molar-refractivity contribution in [2.75, 3.05) is 6.54 Å². The molecule has 114 valence electrons. The first-order valence-corrected chi connectivity index (χ1v) is 7.86. The van der Waals surface area contributed by atoms with Gasteiger partial charge >= 0.3 is 0 Å². The summed E-state index contributed by atoms with van der Waals surface area (Å²) < 4.78 is 2.03. The molecule has 2 rings (SSSR count). The molecule has 1 aromatic heterocycles. The standard InChI is InChI=1S/C17H26N4/c1-5-10-18-17(15-12-19-20-21(15)11-6-2)16-13(3)8-7-9-14(16)4/h7-9,12,17-18H,5-6,10-11H2,1-4H3. The van der Waals surface area contributed by atoms with Crippen molar-refractivity contribution in [3.05, 3.63) is 46.8 Å². The molecule has 4 heteroatoms. The Morgan fingerprint density at radius 1 is 1.14 bits per heavy atom. The number of nitrogens with zero attached hydrogens (tertiary/aromatic N) is 3. The lowest BCUT2D eigenvalue weighted by Gasteiger charge is -2.23. The summed E-state index contributed by atoms with van der Waals surface area (Å²) in [4.78, 5) is 0. The third-order valence-corrected chi connectivity index (χ3v) is 3.81. The Morgan fingerprint density at radius 2 is 1.86 bits per heavy atom. The van der Waals surface area contributed by atoms with E-state index >= 15 is 0 Å². The van der Waals surface area contributed by atoms with Gasteiger partial charge in [-0.3, -0.25) is 0 Å². The zero-order valence-electron chi connectivity index (χ0n) is 13.6. The molecule has 2 aromatic rings. The monoisotopic (exact) mass is 286 g/mol. The summed E-state index contributed by atoms with van der Waals surface area (Å²) in [6.07, 6.45) is 4.06. The average molecular weight is 286 g/mol. The van der Waals surface area contributed by atoms with E-state index in [0.717, 1.165) is 31.6 Å². The van der Waals surface area contributed by atoms with Crippen LogP contribution in [0.5, 0.6) is 0 Å². The largest absolute Gasteiger partial charge is 0.305 e. The van der Waals surface area contributed by atoms with Crippen molar-refractivity contribution in [3.63, 3.8) is 0 Å². The van der Waals surface area contributed by atoms with Crippen molar-refractivity contribution in [3.8, 4) is 0 Å². The summed E-state index contributed by atoms with van der Waals surface area (Å²) in [5.74, 6) is 0. The van der Waals surface area contributed by atoms with Crippen LogP contribution in [0.3, 0.4) is 0 Å². The number of hydrogen-bond acceptors (Lipinski definition) is 3. The molecule has 1 heterocycles. The SMILES string of the molecule is CCCNC(c1c(C)cccc1C)c1cnnn1CCC. The van der Waals surface area contributed by atoms with Gasteiger partial charge in [0.25, 0.3) is 0 Å². The quantitative estimate of drug-likeness (QED) is 0.848. The van der Waals surface area contributed by atoms with Crippen LogP contribution in [-0.2, 0) is 6.54 Å². The van der Waals surface area contributed by atoms with Gasteiger partial charge < -0.3 is 5.32 Å². The van der Waals surface area contributed by atoms with Gasteiger partial charge in [0.1, 0.15) is 0 Å². The van der Waals surface area contributed by atoms with Crippen LogP contribution < -0.4 is 5.32 Å². The minimum Gasteiger partial charge on any atom is -0.305 e. The van der Waals surface area contributed by atoms with Crippen LogP contribution in [0.4, 0.5) is 0 Å². The summed E-state index contributed by atoms with van der Waals surface area (Å²) >= 11 is 0. The number of rotatable bonds is 7. The first-order valence-electron chi connectivity index (χ1n) is 7.86. The maximum absolute atomic E-state index is 4.25. The van der Waals surface area contributed by atoms with Crippen molar-refractivity contribution >= 4 is 0 Å². The summed E-state index contributed by atoms with van der Waals surface area (Å²) in [6, 6.07) is 6.63. The van der Waals surface area contributed by atoms with Crippen LogP contribution in [0.15, 0.2) is 24.4 Å². The molecule has 0 aliphatic rings. The first kappa shape index (κ1) is 15.7. The van der Waals surface area contributed by atoms with E-state index in [2.05, 4.69) is 61.5 Å². The summed E-state index contributed by atoms with van der Waals surface area (Å²) in [6.45, 7) is 10.6. The minimum atomic E-state index is 0.160. The molecule has 0 spiro atoms. The van der Waals surface area contributed by atoms with Gasteiger partial charge in [-0.25, -0.2) is 4.68 Å². The Kier molecular flexibility index (Phi) is 5.51. The highest BCUT2D eigenvalue weighted by atomic mass is 15.4. The van der Waals surface area contributed by atoms with E-state index in [-0.39, 0.29) is 6.04 Å². The number of hydrogen-bond donors (Lipinski definition) is 1. The van der Waals surface area contributed by atoms with Gasteiger partial charge in [-0.2, -0.15) is 0 Å². The van der Waals surface area contributed by atoms with Gasteiger partial charge in [0.2, 0.25) is 0 Å². The van der Waals surface area contributed by atoms with E-state index < -0.39 is 0 Å². The van der Waals surface area contributed by atoms with Crippen LogP contribution >= 0.6 is 0 Å². The van der Waals surface area contributed by atoms with Gasteiger partial charge in [0, 0.05) is 6.54 Å². The molecular formula is C17H26N4. The smallest absolute Gasteiger partial charge is 0.0802 e. The Hall–Kier alpha value is -1.68.